The van der Waals surface area contributed by atoms with Gasteiger partial charge >= 0.3 is 5.97 Å². The Hall–Kier alpha value is -2.55. The van der Waals surface area contributed by atoms with Gasteiger partial charge in [0.25, 0.3) is 11.7 Å². The summed E-state index contributed by atoms with van der Waals surface area (Å²) in [6, 6.07) is 8.02. The minimum Gasteiger partial charge on any atom is -0.449 e. The summed E-state index contributed by atoms with van der Waals surface area (Å²) in [5, 5.41) is 2.10. The standard InChI is InChI=1S/C17H13F4NO3S/c1-9(15(23)22-13-8-10(18)6-7-12(13)19)25-16(24)11-4-2-3-5-14(11)26-17(20)21/h2-9,17H,1H3,(H,22,23)/t9-/m1/s1. The van der Waals surface area contributed by atoms with Crippen molar-refractivity contribution in [3.05, 3.63) is 59.7 Å². The van der Waals surface area contributed by atoms with E-state index in [9.17, 15) is 27.2 Å². The fourth-order valence-corrected chi connectivity index (χ4v) is 2.57. The lowest BCUT2D eigenvalue weighted by Gasteiger charge is -2.15. The molecule has 4 nitrogen and oxygen atoms in total. The number of esters is 1. The molecule has 0 heterocycles. The van der Waals surface area contributed by atoms with Crippen molar-refractivity contribution < 1.29 is 31.9 Å². The van der Waals surface area contributed by atoms with Gasteiger partial charge in [-0.3, -0.25) is 4.79 Å². The monoisotopic (exact) mass is 387 g/mol. The van der Waals surface area contributed by atoms with Crippen molar-refractivity contribution in [2.75, 3.05) is 5.32 Å². The van der Waals surface area contributed by atoms with Crippen LogP contribution >= 0.6 is 11.8 Å². The summed E-state index contributed by atoms with van der Waals surface area (Å²) in [4.78, 5) is 24.1. The lowest BCUT2D eigenvalue weighted by Crippen LogP contribution is -2.30. The molecule has 0 radical (unpaired) electrons. The molecule has 138 valence electrons. The molecule has 0 saturated heterocycles. The Morgan fingerprint density at radius 3 is 2.50 bits per heavy atom. The van der Waals surface area contributed by atoms with Crippen LogP contribution in [0.25, 0.3) is 0 Å². The number of halogens is 4. The number of carbonyl (C=O) groups is 2. The lowest BCUT2D eigenvalue weighted by molar-refractivity contribution is -0.123. The topological polar surface area (TPSA) is 55.4 Å². The van der Waals surface area contributed by atoms with Gasteiger partial charge in [0.15, 0.2) is 6.10 Å². The van der Waals surface area contributed by atoms with Gasteiger partial charge in [-0.15, -0.1) is 0 Å². The van der Waals surface area contributed by atoms with Crippen molar-refractivity contribution in [2.45, 2.75) is 23.7 Å². The largest absolute Gasteiger partial charge is 0.449 e. The van der Waals surface area contributed by atoms with Crippen molar-refractivity contribution in [1.82, 2.24) is 0 Å². The quantitative estimate of drug-likeness (QED) is 0.452. The van der Waals surface area contributed by atoms with Gasteiger partial charge in [-0.25, -0.2) is 13.6 Å². The van der Waals surface area contributed by atoms with Crippen LogP contribution in [-0.4, -0.2) is 23.7 Å². The highest BCUT2D eigenvalue weighted by molar-refractivity contribution is 7.99. The molecule has 0 aliphatic heterocycles. The first-order chi connectivity index (χ1) is 12.3. The first-order valence-corrected chi connectivity index (χ1v) is 8.16. The van der Waals surface area contributed by atoms with Gasteiger partial charge in [-0.05, 0) is 31.2 Å². The molecule has 0 bridgehead atoms. The molecule has 0 unspecified atom stereocenters. The Labute approximate surface area is 150 Å². The molecule has 0 aliphatic carbocycles. The van der Waals surface area contributed by atoms with Crippen molar-refractivity contribution in [2.24, 2.45) is 0 Å². The third-order valence-corrected chi connectivity index (χ3v) is 3.95. The average Bonchev–Trinajstić information content (AvgIpc) is 2.57. The van der Waals surface area contributed by atoms with Gasteiger partial charge < -0.3 is 10.1 Å². The van der Waals surface area contributed by atoms with Gasteiger partial charge in [0.1, 0.15) is 11.6 Å². The fourth-order valence-electron chi connectivity index (χ4n) is 1.94. The number of benzene rings is 2. The molecule has 0 aromatic heterocycles. The first kappa shape index (κ1) is 19.8. The van der Waals surface area contributed by atoms with E-state index in [1.54, 1.807) is 0 Å². The summed E-state index contributed by atoms with van der Waals surface area (Å²) in [5.41, 5.74) is -0.541. The van der Waals surface area contributed by atoms with E-state index in [1.807, 2.05) is 0 Å². The molecule has 9 heteroatoms. The molecule has 2 aromatic rings. The third kappa shape index (κ3) is 5.22. The molecule has 0 spiro atoms. The number of alkyl halides is 2. The number of hydrogen-bond acceptors (Lipinski definition) is 4. The van der Waals surface area contributed by atoms with E-state index in [-0.39, 0.29) is 22.2 Å². The van der Waals surface area contributed by atoms with Crippen molar-refractivity contribution in [3.8, 4) is 0 Å². The average molecular weight is 387 g/mol. The number of nitrogens with one attached hydrogen (secondary N) is 1. The molecular formula is C17H13F4NO3S. The van der Waals surface area contributed by atoms with Crippen LogP contribution in [0.4, 0.5) is 23.2 Å². The third-order valence-electron chi connectivity index (χ3n) is 3.16. The summed E-state index contributed by atoms with van der Waals surface area (Å²) in [6.45, 7) is 1.22. The van der Waals surface area contributed by atoms with E-state index in [0.29, 0.717) is 0 Å². The number of ether oxygens (including phenoxy) is 1. The second-order valence-corrected chi connectivity index (χ2v) is 6.07. The number of hydrogen-bond donors (Lipinski definition) is 1. The smallest absolute Gasteiger partial charge is 0.340 e. The van der Waals surface area contributed by atoms with E-state index in [0.717, 1.165) is 18.2 Å². The van der Waals surface area contributed by atoms with E-state index >= 15 is 0 Å². The second-order valence-electron chi connectivity index (χ2n) is 5.04. The van der Waals surface area contributed by atoms with Crippen molar-refractivity contribution in [1.29, 1.82) is 0 Å². The molecule has 2 aromatic carbocycles. The zero-order valence-corrected chi connectivity index (χ0v) is 14.2. The molecule has 2 rings (SSSR count). The first-order valence-electron chi connectivity index (χ1n) is 7.28. The number of anilines is 1. The van der Waals surface area contributed by atoms with Crippen LogP contribution in [-0.2, 0) is 9.53 Å². The van der Waals surface area contributed by atoms with E-state index in [2.05, 4.69) is 5.32 Å². The maximum atomic E-state index is 13.5. The molecule has 0 saturated carbocycles. The van der Waals surface area contributed by atoms with Crippen LogP contribution in [0, 0.1) is 11.6 Å². The van der Waals surface area contributed by atoms with Crippen LogP contribution in [0.15, 0.2) is 47.4 Å². The van der Waals surface area contributed by atoms with Gasteiger partial charge in [0.2, 0.25) is 0 Å². The van der Waals surface area contributed by atoms with Crippen LogP contribution in [0.3, 0.4) is 0 Å². The number of amides is 1. The van der Waals surface area contributed by atoms with E-state index < -0.39 is 41.1 Å². The summed E-state index contributed by atoms with van der Waals surface area (Å²) < 4.78 is 56.7. The number of rotatable bonds is 6. The van der Waals surface area contributed by atoms with Crippen LogP contribution in [0.5, 0.6) is 0 Å². The zero-order valence-electron chi connectivity index (χ0n) is 13.3. The highest BCUT2D eigenvalue weighted by Crippen LogP contribution is 2.29. The summed E-state index contributed by atoms with van der Waals surface area (Å²) >= 11 is 0.169. The number of thioether (sulfide) groups is 1. The Kier molecular flexibility index (Phi) is 6.62. The van der Waals surface area contributed by atoms with E-state index in [4.69, 9.17) is 4.74 Å². The summed E-state index contributed by atoms with van der Waals surface area (Å²) in [7, 11) is 0. The Morgan fingerprint density at radius 2 is 1.81 bits per heavy atom. The number of carbonyl (C=O) groups excluding carboxylic acids is 2. The fraction of sp³-hybridized carbons (Fsp3) is 0.176. The molecule has 1 N–H and O–H groups in total. The predicted molar refractivity (Wildman–Crippen MR) is 88.2 cm³/mol. The predicted octanol–water partition coefficient (Wildman–Crippen LogP) is 4.46. The molecule has 1 atom stereocenters. The summed E-state index contributed by atoms with van der Waals surface area (Å²) in [5.74, 6) is -6.25. The maximum Gasteiger partial charge on any atom is 0.340 e. The normalized spacial score (nSPS) is 11.9. The van der Waals surface area contributed by atoms with Gasteiger partial charge in [0.05, 0.1) is 11.3 Å². The van der Waals surface area contributed by atoms with Crippen molar-refractivity contribution >= 4 is 29.3 Å². The minimum atomic E-state index is -2.74. The minimum absolute atomic E-state index is 0.00344. The molecule has 0 fully saturated rings. The Balaban J connectivity index is 2.07. The van der Waals surface area contributed by atoms with Gasteiger partial charge in [-0.2, -0.15) is 8.78 Å². The van der Waals surface area contributed by atoms with Gasteiger partial charge in [-0.1, -0.05) is 23.9 Å². The summed E-state index contributed by atoms with van der Waals surface area (Å²) in [6.07, 6.45) is -1.37. The Bertz CT molecular complexity index is 816. The highest BCUT2D eigenvalue weighted by Gasteiger charge is 2.23. The van der Waals surface area contributed by atoms with Gasteiger partial charge in [0, 0.05) is 11.0 Å². The van der Waals surface area contributed by atoms with E-state index in [1.165, 1.54) is 31.2 Å². The van der Waals surface area contributed by atoms with Crippen LogP contribution in [0.1, 0.15) is 17.3 Å². The van der Waals surface area contributed by atoms with Crippen LogP contribution in [0.2, 0.25) is 0 Å². The van der Waals surface area contributed by atoms with Crippen LogP contribution < -0.4 is 5.32 Å². The highest BCUT2D eigenvalue weighted by atomic mass is 32.2. The molecular weight excluding hydrogens is 374 g/mol. The molecule has 0 aliphatic rings. The van der Waals surface area contributed by atoms with Crippen molar-refractivity contribution in [3.63, 3.8) is 0 Å². The Morgan fingerprint density at radius 1 is 1.12 bits per heavy atom. The maximum absolute atomic E-state index is 13.5. The molecule has 1 amide bonds. The zero-order chi connectivity index (χ0) is 19.3. The lowest BCUT2D eigenvalue weighted by atomic mass is 10.2. The SMILES string of the molecule is C[C@@H](OC(=O)c1ccccc1SC(F)F)C(=O)Nc1cc(F)ccc1F. The second kappa shape index (κ2) is 8.70. The molecule has 26 heavy (non-hydrogen) atoms.